The average molecular weight is 232 g/mol. The normalized spacial score (nSPS) is 10.0. The molecule has 0 bridgehead atoms. The lowest BCUT2D eigenvalue weighted by Crippen LogP contribution is -2.00. The third-order valence-electron chi connectivity index (χ3n) is 2.24. The van der Waals surface area contributed by atoms with Gasteiger partial charge in [-0.05, 0) is 12.1 Å². The molecule has 0 fully saturated rings. The van der Waals surface area contributed by atoms with E-state index in [0.29, 0.717) is 23.1 Å². The summed E-state index contributed by atoms with van der Waals surface area (Å²) in [5, 5.41) is 0.656. The number of nitrogens with zero attached hydrogens (tertiary/aromatic N) is 2. The number of aromatic nitrogens is 2. The second-order valence-electron chi connectivity index (χ2n) is 3.32. The summed E-state index contributed by atoms with van der Waals surface area (Å²) in [5.74, 6) is 3.07. The van der Waals surface area contributed by atoms with Crippen molar-refractivity contribution in [1.29, 1.82) is 0 Å². The second-order valence-corrected chi connectivity index (χ2v) is 3.76. The van der Waals surface area contributed by atoms with Gasteiger partial charge in [0.1, 0.15) is 11.5 Å². The number of anilines is 1. The number of hydrogen-bond acceptors (Lipinski definition) is 2. The quantitative estimate of drug-likeness (QED) is 0.807. The summed E-state index contributed by atoms with van der Waals surface area (Å²) in [4.78, 5) is 4.23. The Labute approximate surface area is 98.9 Å². The lowest BCUT2D eigenvalue weighted by Gasteiger charge is -2.02. The Hall–Kier alpha value is -1.92. The predicted octanol–water partition coefficient (Wildman–Crippen LogP) is 2.42. The molecule has 1 heterocycles. The molecule has 2 N–H and O–H groups in total. The maximum absolute atomic E-state index is 5.93. The summed E-state index contributed by atoms with van der Waals surface area (Å²) in [6.07, 6.45) is 6.86. The van der Waals surface area contributed by atoms with Crippen molar-refractivity contribution < 1.29 is 0 Å². The van der Waals surface area contributed by atoms with Gasteiger partial charge in [-0.25, -0.2) is 4.98 Å². The molecule has 3 nitrogen and oxygen atoms in total. The predicted molar refractivity (Wildman–Crippen MR) is 65.9 cm³/mol. The van der Waals surface area contributed by atoms with E-state index in [1.54, 1.807) is 17.0 Å². The summed E-state index contributed by atoms with van der Waals surface area (Å²) >= 11 is 5.91. The first-order valence-electron chi connectivity index (χ1n) is 4.72. The number of nitrogens with two attached hydrogens (primary N) is 1. The number of halogens is 1. The van der Waals surface area contributed by atoms with Crippen LogP contribution in [0.1, 0.15) is 0 Å². The van der Waals surface area contributed by atoms with Gasteiger partial charge in [-0.2, -0.15) is 0 Å². The van der Waals surface area contributed by atoms with E-state index < -0.39 is 0 Å². The van der Waals surface area contributed by atoms with E-state index in [9.17, 15) is 0 Å². The number of terminal acetylenes is 1. The van der Waals surface area contributed by atoms with Gasteiger partial charge in [-0.1, -0.05) is 29.7 Å². The van der Waals surface area contributed by atoms with Crippen LogP contribution in [-0.2, 0) is 6.54 Å². The van der Waals surface area contributed by atoms with Crippen molar-refractivity contribution >= 4 is 17.4 Å². The molecule has 80 valence electrons. The Morgan fingerprint density at radius 2 is 2.31 bits per heavy atom. The Bertz CT molecular complexity index is 552. The van der Waals surface area contributed by atoms with Crippen molar-refractivity contribution in [2.24, 2.45) is 0 Å². The van der Waals surface area contributed by atoms with Crippen molar-refractivity contribution in [3.63, 3.8) is 0 Å². The number of hydrogen-bond donors (Lipinski definition) is 1. The summed E-state index contributed by atoms with van der Waals surface area (Å²) in [6, 6.07) is 7.39. The van der Waals surface area contributed by atoms with Crippen molar-refractivity contribution in [3.8, 4) is 23.6 Å². The van der Waals surface area contributed by atoms with Gasteiger partial charge in [-0.3, -0.25) is 0 Å². The highest BCUT2D eigenvalue weighted by molar-refractivity contribution is 6.30. The maximum atomic E-state index is 5.93. The van der Waals surface area contributed by atoms with Gasteiger partial charge < -0.3 is 10.3 Å². The molecule has 0 radical (unpaired) electrons. The third kappa shape index (κ3) is 1.88. The summed E-state index contributed by atoms with van der Waals surface area (Å²) < 4.78 is 1.72. The number of benzene rings is 1. The van der Waals surface area contributed by atoms with E-state index in [4.69, 9.17) is 23.8 Å². The van der Waals surface area contributed by atoms with Crippen LogP contribution in [-0.4, -0.2) is 9.55 Å². The first kappa shape index (κ1) is 10.6. The van der Waals surface area contributed by atoms with Crippen LogP contribution in [0, 0.1) is 12.3 Å². The Morgan fingerprint density at radius 3 is 3.00 bits per heavy atom. The number of imidazole rings is 1. The molecule has 0 aliphatic heterocycles. The van der Waals surface area contributed by atoms with E-state index in [1.807, 2.05) is 18.2 Å². The molecule has 16 heavy (non-hydrogen) atoms. The molecular formula is C12H10ClN3. The molecule has 1 aromatic heterocycles. The molecule has 4 heteroatoms. The van der Waals surface area contributed by atoms with E-state index in [2.05, 4.69) is 10.9 Å². The summed E-state index contributed by atoms with van der Waals surface area (Å²) in [6.45, 7) is 0.416. The van der Waals surface area contributed by atoms with Crippen LogP contribution in [0.2, 0.25) is 5.02 Å². The molecule has 0 aliphatic carbocycles. The zero-order chi connectivity index (χ0) is 11.5. The van der Waals surface area contributed by atoms with Crippen LogP contribution in [0.15, 0.2) is 30.6 Å². The third-order valence-corrected chi connectivity index (χ3v) is 2.47. The zero-order valence-corrected chi connectivity index (χ0v) is 9.28. The highest BCUT2D eigenvalue weighted by atomic mass is 35.5. The monoisotopic (exact) mass is 231 g/mol. The Morgan fingerprint density at radius 1 is 1.50 bits per heavy atom. The minimum absolute atomic E-state index is 0.416. The fourth-order valence-corrected chi connectivity index (χ4v) is 1.66. The standard InChI is InChI=1S/C12H10ClN3/c1-2-6-16-8-15-11(12(16)14)9-4-3-5-10(13)7-9/h1,3-5,7-8H,6,14H2. The van der Waals surface area contributed by atoms with Crippen molar-refractivity contribution in [2.45, 2.75) is 6.54 Å². The molecule has 0 aliphatic rings. The second kappa shape index (κ2) is 4.30. The van der Waals surface area contributed by atoms with Crippen molar-refractivity contribution in [1.82, 2.24) is 9.55 Å². The molecule has 2 rings (SSSR count). The fourth-order valence-electron chi connectivity index (χ4n) is 1.47. The molecule has 2 aromatic rings. The molecule has 0 unspecified atom stereocenters. The minimum Gasteiger partial charge on any atom is -0.383 e. The van der Waals surface area contributed by atoms with Crippen LogP contribution in [0.3, 0.4) is 0 Å². The molecule has 0 spiro atoms. The molecule has 0 amide bonds. The van der Waals surface area contributed by atoms with Gasteiger partial charge >= 0.3 is 0 Å². The van der Waals surface area contributed by atoms with Crippen molar-refractivity contribution in [3.05, 3.63) is 35.6 Å². The molecule has 1 aromatic carbocycles. The molecular weight excluding hydrogens is 222 g/mol. The van der Waals surface area contributed by atoms with Gasteiger partial charge in [0.15, 0.2) is 0 Å². The fraction of sp³-hybridized carbons (Fsp3) is 0.0833. The average Bonchev–Trinajstić information content (AvgIpc) is 2.61. The Kier molecular flexibility index (Phi) is 2.84. The van der Waals surface area contributed by atoms with Crippen LogP contribution >= 0.6 is 11.6 Å². The first-order chi connectivity index (χ1) is 7.72. The van der Waals surface area contributed by atoms with Gasteiger partial charge in [-0.15, -0.1) is 6.42 Å². The topological polar surface area (TPSA) is 43.8 Å². The molecule has 0 saturated heterocycles. The Balaban J connectivity index is 2.46. The highest BCUT2D eigenvalue weighted by Crippen LogP contribution is 2.26. The largest absolute Gasteiger partial charge is 0.383 e. The van der Waals surface area contributed by atoms with Crippen LogP contribution in [0.25, 0.3) is 11.3 Å². The highest BCUT2D eigenvalue weighted by Gasteiger charge is 2.09. The van der Waals surface area contributed by atoms with Gasteiger partial charge in [0, 0.05) is 10.6 Å². The van der Waals surface area contributed by atoms with Crippen LogP contribution in [0.4, 0.5) is 5.82 Å². The van der Waals surface area contributed by atoms with E-state index in [1.165, 1.54) is 0 Å². The van der Waals surface area contributed by atoms with E-state index >= 15 is 0 Å². The minimum atomic E-state index is 0.416. The summed E-state index contributed by atoms with van der Waals surface area (Å²) in [7, 11) is 0. The number of rotatable bonds is 2. The lowest BCUT2D eigenvalue weighted by atomic mass is 10.1. The van der Waals surface area contributed by atoms with Gasteiger partial charge in [0.25, 0.3) is 0 Å². The van der Waals surface area contributed by atoms with E-state index in [-0.39, 0.29) is 0 Å². The first-order valence-corrected chi connectivity index (χ1v) is 5.10. The smallest absolute Gasteiger partial charge is 0.132 e. The molecule has 0 saturated carbocycles. The summed E-state index contributed by atoms with van der Waals surface area (Å²) in [5.41, 5.74) is 7.53. The van der Waals surface area contributed by atoms with Crippen LogP contribution in [0.5, 0.6) is 0 Å². The number of nitrogen functional groups attached to an aromatic ring is 1. The van der Waals surface area contributed by atoms with E-state index in [0.717, 1.165) is 5.56 Å². The maximum Gasteiger partial charge on any atom is 0.132 e. The van der Waals surface area contributed by atoms with Gasteiger partial charge in [0.05, 0.1) is 12.9 Å². The van der Waals surface area contributed by atoms with Crippen molar-refractivity contribution in [2.75, 3.05) is 5.73 Å². The zero-order valence-electron chi connectivity index (χ0n) is 8.52. The van der Waals surface area contributed by atoms with Gasteiger partial charge in [0.2, 0.25) is 0 Å². The SMILES string of the molecule is C#CCn1cnc(-c2cccc(Cl)c2)c1N. The lowest BCUT2D eigenvalue weighted by molar-refractivity contribution is 0.852. The molecule has 0 atom stereocenters. The van der Waals surface area contributed by atoms with Crippen LogP contribution < -0.4 is 5.73 Å².